The summed E-state index contributed by atoms with van der Waals surface area (Å²) in [4.78, 5) is 2.45. The lowest BCUT2D eigenvalue weighted by Crippen LogP contribution is -2.47. The van der Waals surface area contributed by atoms with Gasteiger partial charge in [-0.25, -0.2) is 0 Å². The number of nitrogens with zero attached hydrogens (tertiary/aromatic N) is 1. The minimum atomic E-state index is 0.273. The Morgan fingerprint density at radius 1 is 1.50 bits per heavy atom. The number of ether oxygens (including phenoxy) is 1. The van der Waals surface area contributed by atoms with Crippen molar-refractivity contribution < 1.29 is 9.84 Å². The van der Waals surface area contributed by atoms with E-state index in [1.807, 2.05) is 0 Å². The van der Waals surface area contributed by atoms with E-state index in [0.29, 0.717) is 12.1 Å². The average molecular weight is 228 g/mol. The van der Waals surface area contributed by atoms with E-state index in [-0.39, 0.29) is 6.61 Å². The van der Waals surface area contributed by atoms with Crippen molar-refractivity contribution in [2.24, 2.45) is 0 Å². The van der Waals surface area contributed by atoms with Crippen molar-refractivity contribution in [2.75, 3.05) is 32.9 Å². The van der Waals surface area contributed by atoms with Crippen molar-refractivity contribution in [1.29, 1.82) is 0 Å². The molecule has 0 bridgehead atoms. The van der Waals surface area contributed by atoms with Crippen LogP contribution in [0.3, 0.4) is 0 Å². The third-order valence-electron chi connectivity index (χ3n) is 3.56. The molecule has 2 fully saturated rings. The molecule has 0 radical (unpaired) electrons. The molecule has 1 aliphatic heterocycles. The van der Waals surface area contributed by atoms with Crippen LogP contribution in [0.15, 0.2) is 0 Å². The van der Waals surface area contributed by atoms with Gasteiger partial charge >= 0.3 is 0 Å². The van der Waals surface area contributed by atoms with Gasteiger partial charge in [-0.2, -0.15) is 0 Å². The second-order valence-corrected chi connectivity index (χ2v) is 5.00. The molecule has 1 heterocycles. The molecular weight excluding hydrogens is 204 g/mol. The fourth-order valence-corrected chi connectivity index (χ4v) is 2.60. The molecule has 1 saturated heterocycles. The van der Waals surface area contributed by atoms with Crippen molar-refractivity contribution in [3.8, 4) is 0 Å². The summed E-state index contributed by atoms with van der Waals surface area (Å²) in [6.45, 7) is 6.01. The molecule has 2 aliphatic rings. The summed E-state index contributed by atoms with van der Waals surface area (Å²) in [5, 5.41) is 12.6. The predicted molar refractivity (Wildman–Crippen MR) is 63.5 cm³/mol. The Morgan fingerprint density at radius 2 is 2.31 bits per heavy atom. The Kier molecular flexibility index (Phi) is 4.58. The molecule has 2 unspecified atom stereocenters. The van der Waals surface area contributed by atoms with Gasteiger partial charge in [-0.3, -0.25) is 4.90 Å². The van der Waals surface area contributed by atoms with Crippen molar-refractivity contribution in [3.63, 3.8) is 0 Å². The highest BCUT2D eigenvalue weighted by atomic mass is 16.5. The van der Waals surface area contributed by atoms with Crippen LogP contribution >= 0.6 is 0 Å². The molecular formula is C12H24N2O2. The summed E-state index contributed by atoms with van der Waals surface area (Å²) in [5.41, 5.74) is 0. The Morgan fingerprint density at radius 3 is 2.88 bits per heavy atom. The van der Waals surface area contributed by atoms with E-state index in [0.717, 1.165) is 38.8 Å². The lowest BCUT2D eigenvalue weighted by atomic mass is 10.1. The highest BCUT2D eigenvalue weighted by Gasteiger charge is 2.32. The standard InChI is InChI=1S/C12H24N2O2/c1-10(8-11-9-16-7-4-13-11)14(5-6-15)12-2-3-12/h10-13,15H,2-9H2,1H3. The number of aliphatic hydroxyl groups excluding tert-OH is 1. The first-order valence-electron chi connectivity index (χ1n) is 6.49. The van der Waals surface area contributed by atoms with E-state index < -0.39 is 0 Å². The third kappa shape index (κ3) is 3.42. The van der Waals surface area contributed by atoms with Gasteiger partial charge in [0.1, 0.15) is 0 Å². The zero-order chi connectivity index (χ0) is 11.4. The van der Waals surface area contributed by atoms with Gasteiger partial charge in [-0.05, 0) is 26.2 Å². The molecule has 0 aromatic heterocycles. The first-order valence-corrected chi connectivity index (χ1v) is 6.49. The molecule has 16 heavy (non-hydrogen) atoms. The summed E-state index contributed by atoms with van der Waals surface area (Å²) in [6, 6.07) is 1.76. The van der Waals surface area contributed by atoms with E-state index in [4.69, 9.17) is 9.84 Å². The van der Waals surface area contributed by atoms with Gasteiger partial charge in [0.15, 0.2) is 0 Å². The van der Waals surface area contributed by atoms with Crippen molar-refractivity contribution in [3.05, 3.63) is 0 Å². The van der Waals surface area contributed by atoms with E-state index >= 15 is 0 Å². The summed E-state index contributed by atoms with van der Waals surface area (Å²) >= 11 is 0. The minimum absolute atomic E-state index is 0.273. The molecule has 4 nitrogen and oxygen atoms in total. The van der Waals surface area contributed by atoms with Gasteiger partial charge in [-0.1, -0.05) is 0 Å². The average Bonchev–Trinajstić information content (AvgIpc) is 3.11. The molecule has 1 saturated carbocycles. The van der Waals surface area contributed by atoms with Crippen molar-refractivity contribution in [2.45, 2.75) is 44.3 Å². The lowest BCUT2D eigenvalue weighted by Gasteiger charge is -2.33. The normalized spacial score (nSPS) is 28.3. The van der Waals surface area contributed by atoms with Gasteiger partial charge in [0.05, 0.1) is 19.8 Å². The maximum atomic E-state index is 9.09. The van der Waals surface area contributed by atoms with Gasteiger partial charge in [0.25, 0.3) is 0 Å². The quantitative estimate of drug-likeness (QED) is 0.682. The topological polar surface area (TPSA) is 44.7 Å². The van der Waals surface area contributed by atoms with E-state index in [1.54, 1.807) is 0 Å². The second kappa shape index (κ2) is 5.96. The molecule has 2 atom stereocenters. The second-order valence-electron chi connectivity index (χ2n) is 5.00. The monoisotopic (exact) mass is 228 g/mol. The maximum Gasteiger partial charge on any atom is 0.0620 e. The van der Waals surface area contributed by atoms with Crippen LogP contribution in [-0.4, -0.2) is 61.0 Å². The largest absolute Gasteiger partial charge is 0.395 e. The molecule has 0 amide bonds. The maximum absolute atomic E-state index is 9.09. The highest BCUT2D eigenvalue weighted by Crippen LogP contribution is 2.29. The fraction of sp³-hybridized carbons (Fsp3) is 1.00. The van der Waals surface area contributed by atoms with Crippen LogP contribution in [0.1, 0.15) is 26.2 Å². The highest BCUT2D eigenvalue weighted by molar-refractivity contribution is 4.89. The molecule has 94 valence electrons. The smallest absolute Gasteiger partial charge is 0.0620 e. The van der Waals surface area contributed by atoms with E-state index in [1.165, 1.54) is 12.8 Å². The summed E-state index contributed by atoms with van der Waals surface area (Å²) < 4.78 is 5.47. The SMILES string of the molecule is CC(CC1COCCN1)N(CCO)C1CC1. The van der Waals surface area contributed by atoms with Crippen LogP contribution < -0.4 is 5.32 Å². The van der Waals surface area contributed by atoms with Gasteiger partial charge in [0.2, 0.25) is 0 Å². The summed E-state index contributed by atoms with van der Waals surface area (Å²) in [6.07, 6.45) is 3.73. The van der Waals surface area contributed by atoms with Crippen LogP contribution in [0.5, 0.6) is 0 Å². The Balaban J connectivity index is 1.77. The minimum Gasteiger partial charge on any atom is -0.395 e. The number of hydrogen-bond acceptors (Lipinski definition) is 4. The van der Waals surface area contributed by atoms with Crippen LogP contribution in [0.4, 0.5) is 0 Å². The van der Waals surface area contributed by atoms with Gasteiger partial charge in [0, 0.05) is 31.2 Å². The van der Waals surface area contributed by atoms with Gasteiger partial charge in [-0.15, -0.1) is 0 Å². The molecule has 0 spiro atoms. The molecule has 1 aliphatic carbocycles. The molecule has 0 aromatic carbocycles. The van der Waals surface area contributed by atoms with Crippen molar-refractivity contribution in [1.82, 2.24) is 10.2 Å². The van der Waals surface area contributed by atoms with Gasteiger partial charge < -0.3 is 15.2 Å². The first-order chi connectivity index (χ1) is 7.81. The Hall–Kier alpha value is -0.160. The Bertz CT molecular complexity index is 203. The van der Waals surface area contributed by atoms with Crippen LogP contribution in [-0.2, 0) is 4.74 Å². The number of aliphatic hydroxyl groups is 1. The molecule has 0 aromatic rings. The number of nitrogens with one attached hydrogen (secondary N) is 1. The Labute approximate surface area is 98.0 Å². The third-order valence-corrected chi connectivity index (χ3v) is 3.56. The van der Waals surface area contributed by atoms with E-state index in [9.17, 15) is 0 Å². The van der Waals surface area contributed by atoms with Crippen molar-refractivity contribution >= 4 is 0 Å². The molecule has 2 rings (SSSR count). The lowest BCUT2D eigenvalue weighted by molar-refractivity contribution is 0.0580. The van der Waals surface area contributed by atoms with Crippen LogP contribution in [0.2, 0.25) is 0 Å². The van der Waals surface area contributed by atoms with Crippen LogP contribution in [0.25, 0.3) is 0 Å². The number of morpholine rings is 1. The molecule has 4 heteroatoms. The summed E-state index contributed by atoms with van der Waals surface area (Å²) in [7, 11) is 0. The zero-order valence-electron chi connectivity index (χ0n) is 10.2. The van der Waals surface area contributed by atoms with Crippen LogP contribution in [0, 0.1) is 0 Å². The number of hydrogen-bond donors (Lipinski definition) is 2. The summed E-state index contributed by atoms with van der Waals surface area (Å²) in [5.74, 6) is 0. The van der Waals surface area contributed by atoms with E-state index in [2.05, 4.69) is 17.1 Å². The number of rotatable bonds is 6. The zero-order valence-corrected chi connectivity index (χ0v) is 10.2. The predicted octanol–water partition coefficient (Wildman–Crippen LogP) is 0.210. The first kappa shape index (κ1) is 12.3. The molecule has 2 N–H and O–H groups in total. The fourth-order valence-electron chi connectivity index (χ4n) is 2.60.